The number of hydrogen-bond acceptors (Lipinski definition) is 5. The van der Waals surface area contributed by atoms with Gasteiger partial charge >= 0.3 is 0 Å². The highest BCUT2D eigenvalue weighted by Crippen LogP contribution is 2.32. The number of ketones is 1. The number of allylic oxidation sites excluding steroid dienone is 3. The fourth-order valence-electron chi connectivity index (χ4n) is 2.30. The van der Waals surface area contributed by atoms with Gasteiger partial charge in [-0.05, 0) is 24.3 Å². The van der Waals surface area contributed by atoms with Crippen LogP contribution < -0.4 is 4.74 Å². The number of fused-ring (bicyclic) bond motifs is 1. The molecule has 1 aliphatic carbocycles. The van der Waals surface area contributed by atoms with Crippen LogP contribution in [0, 0.1) is 0 Å². The SMILES string of the molecule is C[N+](C)(C)CCOc1nn2ccccc2c1/N=C1\C=CC(=O)C=C1O. The van der Waals surface area contributed by atoms with Crippen molar-refractivity contribution in [1.29, 1.82) is 0 Å². The van der Waals surface area contributed by atoms with E-state index in [9.17, 15) is 9.90 Å². The average molecular weight is 341 g/mol. The molecule has 0 aromatic carbocycles. The number of nitrogens with zero attached hydrogens (tertiary/aromatic N) is 4. The number of rotatable bonds is 5. The van der Waals surface area contributed by atoms with E-state index in [0.717, 1.165) is 22.6 Å². The number of carbonyl (C=O) groups is 1. The molecule has 7 nitrogen and oxygen atoms in total. The van der Waals surface area contributed by atoms with Gasteiger partial charge in [-0.25, -0.2) is 9.51 Å². The van der Waals surface area contributed by atoms with Gasteiger partial charge in [-0.3, -0.25) is 4.79 Å². The van der Waals surface area contributed by atoms with Crippen molar-refractivity contribution in [1.82, 2.24) is 9.61 Å². The molecule has 1 aliphatic rings. The van der Waals surface area contributed by atoms with Gasteiger partial charge < -0.3 is 14.3 Å². The smallest absolute Gasteiger partial charge is 0.260 e. The number of pyridine rings is 1. The van der Waals surface area contributed by atoms with Crippen molar-refractivity contribution in [2.45, 2.75) is 0 Å². The largest absolute Gasteiger partial charge is 0.506 e. The van der Waals surface area contributed by atoms with Gasteiger partial charge in [0, 0.05) is 12.3 Å². The van der Waals surface area contributed by atoms with E-state index in [4.69, 9.17) is 4.74 Å². The Balaban J connectivity index is 1.98. The normalized spacial score (nSPS) is 16.5. The third kappa shape index (κ3) is 3.95. The number of aliphatic imine (C=N–C) groups is 1. The summed E-state index contributed by atoms with van der Waals surface area (Å²) >= 11 is 0. The molecule has 0 bridgehead atoms. The van der Waals surface area contributed by atoms with Crippen LogP contribution in [0.4, 0.5) is 5.69 Å². The number of likely N-dealkylation sites (N-methyl/N-ethyl adjacent to an activating group) is 1. The molecule has 3 rings (SSSR count). The zero-order valence-electron chi connectivity index (χ0n) is 14.5. The van der Waals surface area contributed by atoms with Crippen LogP contribution in [0.25, 0.3) is 5.52 Å². The molecule has 0 saturated heterocycles. The minimum absolute atomic E-state index is 0.167. The van der Waals surface area contributed by atoms with Gasteiger partial charge in [-0.15, -0.1) is 5.10 Å². The van der Waals surface area contributed by atoms with E-state index in [0.29, 0.717) is 23.9 Å². The fourth-order valence-corrected chi connectivity index (χ4v) is 2.30. The molecule has 1 N–H and O–H groups in total. The van der Waals surface area contributed by atoms with E-state index in [1.54, 1.807) is 4.52 Å². The lowest BCUT2D eigenvalue weighted by Crippen LogP contribution is -2.38. The predicted octanol–water partition coefficient (Wildman–Crippen LogP) is 2.07. The molecule has 2 aromatic rings. The van der Waals surface area contributed by atoms with Gasteiger partial charge in [-0.1, -0.05) is 6.07 Å². The summed E-state index contributed by atoms with van der Waals surface area (Å²) in [5, 5.41) is 14.4. The first kappa shape index (κ1) is 16.9. The van der Waals surface area contributed by atoms with Crippen LogP contribution in [0.2, 0.25) is 0 Å². The van der Waals surface area contributed by atoms with E-state index in [-0.39, 0.29) is 11.5 Å². The molecule has 2 heterocycles. The monoisotopic (exact) mass is 341 g/mol. The summed E-state index contributed by atoms with van der Waals surface area (Å²) in [5.74, 6) is -0.0407. The first-order valence-electron chi connectivity index (χ1n) is 7.96. The molecule has 2 aromatic heterocycles. The number of hydrogen-bond donors (Lipinski definition) is 1. The molecule has 130 valence electrons. The van der Waals surface area contributed by atoms with Gasteiger partial charge in [-0.2, -0.15) is 0 Å². The van der Waals surface area contributed by atoms with Gasteiger partial charge in [0.1, 0.15) is 24.6 Å². The van der Waals surface area contributed by atoms with Crippen molar-refractivity contribution >= 4 is 22.7 Å². The van der Waals surface area contributed by atoms with E-state index in [2.05, 4.69) is 31.2 Å². The lowest BCUT2D eigenvalue weighted by Gasteiger charge is -2.23. The molecule has 0 unspecified atom stereocenters. The Morgan fingerprint density at radius 1 is 1.28 bits per heavy atom. The quantitative estimate of drug-likeness (QED) is 0.667. The number of aromatic nitrogens is 2. The minimum Gasteiger partial charge on any atom is -0.506 e. The molecule has 0 spiro atoms. The van der Waals surface area contributed by atoms with Crippen molar-refractivity contribution in [3.63, 3.8) is 0 Å². The molecule has 0 radical (unpaired) electrons. The van der Waals surface area contributed by atoms with E-state index in [1.165, 1.54) is 12.2 Å². The maximum absolute atomic E-state index is 11.3. The summed E-state index contributed by atoms with van der Waals surface area (Å²) in [6, 6.07) is 5.62. The summed E-state index contributed by atoms with van der Waals surface area (Å²) in [6.45, 7) is 1.30. The second-order valence-corrected chi connectivity index (χ2v) is 6.81. The first-order chi connectivity index (χ1) is 11.8. The average Bonchev–Trinajstić information content (AvgIpc) is 2.87. The summed E-state index contributed by atoms with van der Waals surface area (Å²) in [6.07, 6.45) is 5.80. The van der Waals surface area contributed by atoms with Crippen LogP contribution in [0.3, 0.4) is 0 Å². The Labute approximate surface area is 145 Å². The number of quaternary nitrogens is 1. The summed E-state index contributed by atoms with van der Waals surface area (Å²) in [4.78, 5) is 15.8. The Morgan fingerprint density at radius 3 is 2.80 bits per heavy atom. The van der Waals surface area contributed by atoms with Crippen LogP contribution in [-0.4, -0.2) is 65.0 Å². The topological polar surface area (TPSA) is 76.2 Å². The molecule has 7 heteroatoms. The lowest BCUT2D eigenvalue weighted by molar-refractivity contribution is -0.870. The Kier molecular flexibility index (Phi) is 4.41. The van der Waals surface area contributed by atoms with Crippen LogP contribution in [0.5, 0.6) is 5.88 Å². The van der Waals surface area contributed by atoms with Crippen LogP contribution in [0.1, 0.15) is 0 Å². The Bertz CT molecular complexity index is 901. The lowest BCUT2D eigenvalue weighted by atomic mass is 10.1. The van der Waals surface area contributed by atoms with Crippen molar-refractivity contribution in [2.75, 3.05) is 34.3 Å². The molecule has 0 aliphatic heterocycles. The van der Waals surface area contributed by atoms with Crippen molar-refractivity contribution in [2.24, 2.45) is 4.99 Å². The molecular formula is C18H21N4O3+. The third-order valence-corrected chi connectivity index (χ3v) is 3.66. The predicted molar refractivity (Wildman–Crippen MR) is 95.5 cm³/mol. The second-order valence-electron chi connectivity index (χ2n) is 6.81. The van der Waals surface area contributed by atoms with E-state index < -0.39 is 0 Å². The maximum atomic E-state index is 11.3. The Morgan fingerprint density at radius 2 is 2.08 bits per heavy atom. The maximum Gasteiger partial charge on any atom is 0.260 e. The number of aliphatic hydroxyl groups excluding tert-OH is 1. The number of aliphatic hydroxyl groups is 1. The number of ether oxygens (including phenoxy) is 1. The highest BCUT2D eigenvalue weighted by molar-refractivity contribution is 6.19. The molecule has 0 amide bonds. The molecule has 0 atom stereocenters. The van der Waals surface area contributed by atoms with Gasteiger partial charge in [0.15, 0.2) is 11.5 Å². The highest BCUT2D eigenvalue weighted by Gasteiger charge is 2.18. The van der Waals surface area contributed by atoms with Crippen LogP contribution in [0.15, 0.2) is 53.4 Å². The molecular weight excluding hydrogens is 320 g/mol. The zero-order chi connectivity index (χ0) is 18.0. The summed E-state index contributed by atoms with van der Waals surface area (Å²) in [5.41, 5.74) is 1.58. The summed E-state index contributed by atoms with van der Waals surface area (Å²) in [7, 11) is 6.25. The van der Waals surface area contributed by atoms with Crippen LogP contribution in [-0.2, 0) is 4.79 Å². The third-order valence-electron chi connectivity index (χ3n) is 3.66. The van der Waals surface area contributed by atoms with Crippen molar-refractivity contribution in [3.8, 4) is 5.88 Å². The minimum atomic E-state index is -0.268. The highest BCUT2D eigenvalue weighted by atomic mass is 16.5. The second kappa shape index (κ2) is 6.52. The van der Waals surface area contributed by atoms with E-state index in [1.807, 2.05) is 24.4 Å². The summed E-state index contributed by atoms with van der Waals surface area (Å²) < 4.78 is 8.30. The molecule has 25 heavy (non-hydrogen) atoms. The van der Waals surface area contributed by atoms with E-state index >= 15 is 0 Å². The van der Waals surface area contributed by atoms with Crippen molar-refractivity contribution < 1.29 is 19.1 Å². The standard InChI is InChI=1S/C18H20N4O3/c1-22(2,3)10-11-25-18-17(15-6-4-5-9-21(15)20-18)19-14-8-7-13(23)12-16(14)24/h4-9,12H,10-11H2,1-3H3/p+1/b19-14+. The number of carbonyl (C=O) groups excluding carboxylic acids is 1. The van der Waals surface area contributed by atoms with Crippen LogP contribution >= 0.6 is 0 Å². The Hall–Kier alpha value is -2.93. The van der Waals surface area contributed by atoms with Gasteiger partial charge in [0.2, 0.25) is 0 Å². The van der Waals surface area contributed by atoms with Gasteiger partial charge in [0.25, 0.3) is 5.88 Å². The molecule has 0 fully saturated rings. The zero-order valence-corrected chi connectivity index (χ0v) is 14.5. The first-order valence-corrected chi connectivity index (χ1v) is 7.96. The molecule has 0 saturated carbocycles. The fraction of sp³-hybridized carbons (Fsp3) is 0.278. The van der Waals surface area contributed by atoms with Gasteiger partial charge in [0.05, 0.1) is 26.7 Å². The van der Waals surface area contributed by atoms with Crippen molar-refractivity contribution in [3.05, 3.63) is 48.4 Å².